The first-order chi connectivity index (χ1) is 11.8. The highest BCUT2D eigenvalue weighted by Gasteiger charge is 2.20. The van der Waals surface area contributed by atoms with Gasteiger partial charge in [-0.15, -0.1) is 0 Å². The molecule has 1 fully saturated rings. The minimum Gasteiger partial charge on any atom is -0.337 e. The van der Waals surface area contributed by atoms with Crippen molar-refractivity contribution in [3.63, 3.8) is 0 Å². The molecule has 0 radical (unpaired) electrons. The average molecular weight is 318 g/mol. The fraction of sp³-hybridized carbons (Fsp3) is 0.409. The summed E-state index contributed by atoms with van der Waals surface area (Å²) in [6.07, 6.45) is 11.1. The van der Waals surface area contributed by atoms with Crippen LogP contribution in [0.4, 0.5) is 0 Å². The Labute approximate surface area is 144 Å². The second-order valence-corrected chi connectivity index (χ2v) is 7.22. The second-order valence-electron chi connectivity index (χ2n) is 7.22. The lowest BCUT2D eigenvalue weighted by atomic mass is 9.89. The van der Waals surface area contributed by atoms with Crippen LogP contribution in [0.2, 0.25) is 0 Å². The van der Waals surface area contributed by atoms with Crippen molar-refractivity contribution in [1.82, 2.24) is 9.55 Å². The molecular weight excluding hydrogens is 292 g/mol. The molecule has 2 nitrogen and oxygen atoms in total. The SMILES string of the molecule is Cn1cc(CCc2ccc3ccccc3c2)nc1C1CCCCC1. The van der Waals surface area contributed by atoms with Gasteiger partial charge in [0.05, 0.1) is 5.69 Å². The number of aromatic nitrogens is 2. The molecule has 0 unspecified atom stereocenters. The molecular formula is C22H26N2. The van der Waals surface area contributed by atoms with E-state index in [-0.39, 0.29) is 0 Å². The van der Waals surface area contributed by atoms with Crippen molar-refractivity contribution >= 4 is 10.8 Å². The number of hydrogen-bond acceptors (Lipinski definition) is 1. The van der Waals surface area contributed by atoms with Crippen LogP contribution < -0.4 is 0 Å². The lowest BCUT2D eigenvalue weighted by molar-refractivity contribution is 0.421. The summed E-state index contributed by atoms with van der Waals surface area (Å²) in [7, 11) is 2.16. The minimum absolute atomic E-state index is 0.679. The molecule has 3 aromatic rings. The molecule has 2 heteroatoms. The molecule has 124 valence electrons. The second kappa shape index (κ2) is 6.80. The summed E-state index contributed by atoms with van der Waals surface area (Å²) in [4.78, 5) is 4.97. The van der Waals surface area contributed by atoms with Crippen LogP contribution in [-0.2, 0) is 19.9 Å². The third-order valence-corrected chi connectivity index (χ3v) is 5.42. The van der Waals surface area contributed by atoms with Crippen molar-refractivity contribution in [2.24, 2.45) is 7.05 Å². The van der Waals surface area contributed by atoms with Crippen molar-refractivity contribution in [3.8, 4) is 0 Å². The highest BCUT2D eigenvalue weighted by atomic mass is 15.1. The molecule has 0 saturated heterocycles. The zero-order valence-corrected chi connectivity index (χ0v) is 14.5. The van der Waals surface area contributed by atoms with Crippen LogP contribution in [0.3, 0.4) is 0 Å². The van der Waals surface area contributed by atoms with Crippen LogP contribution >= 0.6 is 0 Å². The van der Waals surface area contributed by atoms with Crippen molar-refractivity contribution < 1.29 is 0 Å². The van der Waals surface area contributed by atoms with Gasteiger partial charge in [0.2, 0.25) is 0 Å². The standard InChI is InChI=1S/C22H26N2/c1-24-16-21(23-22(24)19-8-3-2-4-9-19)14-12-17-11-13-18-7-5-6-10-20(18)15-17/h5-7,10-11,13,15-16,19H,2-4,8-9,12,14H2,1H3. The lowest BCUT2D eigenvalue weighted by Crippen LogP contribution is -2.09. The fourth-order valence-corrected chi connectivity index (χ4v) is 4.07. The van der Waals surface area contributed by atoms with E-state index in [0.29, 0.717) is 5.92 Å². The molecule has 0 amide bonds. The number of benzene rings is 2. The fourth-order valence-electron chi connectivity index (χ4n) is 4.07. The molecule has 2 aromatic carbocycles. The molecule has 1 saturated carbocycles. The highest BCUT2D eigenvalue weighted by Crippen LogP contribution is 2.31. The first-order valence-electron chi connectivity index (χ1n) is 9.29. The predicted molar refractivity (Wildman–Crippen MR) is 100 cm³/mol. The summed E-state index contributed by atoms with van der Waals surface area (Å²) in [6.45, 7) is 0. The Balaban J connectivity index is 1.46. The van der Waals surface area contributed by atoms with Crippen LogP contribution in [0.25, 0.3) is 10.8 Å². The predicted octanol–water partition coefficient (Wildman–Crippen LogP) is 5.41. The summed E-state index contributed by atoms with van der Waals surface area (Å²) in [6, 6.07) is 15.4. The van der Waals surface area contributed by atoms with E-state index in [9.17, 15) is 0 Å². The zero-order chi connectivity index (χ0) is 16.4. The van der Waals surface area contributed by atoms with Crippen molar-refractivity contribution in [3.05, 3.63) is 65.7 Å². The lowest BCUT2D eigenvalue weighted by Gasteiger charge is -2.20. The van der Waals surface area contributed by atoms with Crippen molar-refractivity contribution in [1.29, 1.82) is 0 Å². The molecule has 24 heavy (non-hydrogen) atoms. The molecule has 1 aliphatic carbocycles. The summed E-state index contributed by atoms with van der Waals surface area (Å²) in [5, 5.41) is 2.65. The number of hydrogen-bond donors (Lipinski definition) is 0. The summed E-state index contributed by atoms with van der Waals surface area (Å²) in [5.74, 6) is 1.99. The summed E-state index contributed by atoms with van der Waals surface area (Å²) < 4.78 is 2.27. The largest absolute Gasteiger partial charge is 0.337 e. The monoisotopic (exact) mass is 318 g/mol. The van der Waals surface area contributed by atoms with E-state index in [1.165, 1.54) is 60.0 Å². The van der Waals surface area contributed by atoms with E-state index in [2.05, 4.69) is 60.3 Å². The Morgan fingerprint density at radius 1 is 0.958 bits per heavy atom. The maximum absolute atomic E-state index is 4.97. The van der Waals surface area contributed by atoms with E-state index in [1.807, 2.05) is 0 Å². The Kier molecular flexibility index (Phi) is 4.38. The molecule has 1 aromatic heterocycles. The van der Waals surface area contributed by atoms with Gasteiger partial charge in [-0.05, 0) is 42.0 Å². The van der Waals surface area contributed by atoms with Crippen molar-refractivity contribution in [2.45, 2.75) is 50.9 Å². The van der Waals surface area contributed by atoms with Gasteiger partial charge < -0.3 is 4.57 Å². The van der Waals surface area contributed by atoms with E-state index in [1.54, 1.807) is 0 Å². The Hall–Kier alpha value is -2.09. The van der Waals surface area contributed by atoms with Gasteiger partial charge in [0.25, 0.3) is 0 Å². The Morgan fingerprint density at radius 3 is 2.58 bits per heavy atom. The van der Waals surface area contributed by atoms with Crippen LogP contribution in [-0.4, -0.2) is 9.55 Å². The summed E-state index contributed by atoms with van der Waals surface area (Å²) in [5.41, 5.74) is 2.64. The smallest absolute Gasteiger partial charge is 0.111 e. The van der Waals surface area contributed by atoms with Crippen LogP contribution in [0.5, 0.6) is 0 Å². The molecule has 1 aliphatic rings. The maximum Gasteiger partial charge on any atom is 0.111 e. The van der Waals surface area contributed by atoms with Crippen LogP contribution in [0.1, 0.15) is 55.1 Å². The normalized spacial score (nSPS) is 15.9. The topological polar surface area (TPSA) is 17.8 Å². The van der Waals surface area contributed by atoms with Gasteiger partial charge in [0.1, 0.15) is 5.82 Å². The van der Waals surface area contributed by atoms with Gasteiger partial charge in [-0.2, -0.15) is 0 Å². The Morgan fingerprint density at radius 2 is 1.75 bits per heavy atom. The van der Waals surface area contributed by atoms with Gasteiger partial charge in [-0.3, -0.25) is 0 Å². The van der Waals surface area contributed by atoms with Gasteiger partial charge in [-0.1, -0.05) is 61.7 Å². The van der Waals surface area contributed by atoms with Crippen LogP contribution in [0, 0.1) is 0 Å². The molecule has 0 N–H and O–H groups in total. The number of nitrogens with zero attached hydrogens (tertiary/aromatic N) is 2. The quantitative estimate of drug-likeness (QED) is 0.629. The first-order valence-corrected chi connectivity index (χ1v) is 9.29. The molecule has 0 bridgehead atoms. The van der Waals surface area contributed by atoms with E-state index < -0.39 is 0 Å². The molecule has 0 spiro atoms. The van der Waals surface area contributed by atoms with Gasteiger partial charge >= 0.3 is 0 Å². The minimum atomic E-state index is 0.679. The van der Waals surface area contributed by atoms with Gasteiger partial charge in [-0.25, -0.2) is 4.98 Å². The zero-order valence-electron chi connectivity index (χ0n) is 14.5. The van der Waals surface area contributed by atoms with Crippen molar-refractivity contribution in [2.75, 3.05) is 0 Å². The first kappa shape index (κ1) is 15.4. The van der Waals surface area contributed by atoms with E-state index in [4.69, 9.17) is 4.98 Å². The van der Waals surface area contributed by atoms with Crippen LogP contribution in [0.15, 0.2) is 48.7 Å². The molecule has 4 rings (SSSR count). The maximum atomic E-state index is 4.97. The number of aryl methyl sites for hydroxylation is 3. The molecule has 0 atom stereocenters. The van der Waals surface area contributed by atoms with Gasteiger partial charge in [0.15, 0.2) is 0 Å². The third kappa shape index (κ3) is 3.24. The summed E-state index contributed by atoms with van der Waals surface area (Å²) >= 11 is 0. The Bertz CT molecular complexity index is 825. The molecule has 1 heterocycles. The van der Waals surface area contributed by atoms with E-state index >= 15 is 0 Å². The highest BCUT2D eigenvalue weighted by molar-refractivity contribution is 5.82. The van der Waals surface area contributed by atoms with Gasteiger partial charge in [0, 0.05) is 19.2 Å². The number of fused-ring (bicyclic) bond motifs is 1. The molecule has 0 aliphatic heterocycles. The third-order valence-electron chi connectivity index (χ3n) is 5.42. The average Bonchev–Trinajstić information content (AvgIpc) is 3.01. The van der Waals surface area contributed by atoms with E-state index in [0.717, 1.165) is 12.8 Å². The number of rotatable bonds is 4. The number of imidazole rings is 1.